The number of carbonyl (C=O) groups is 2. The Bertz CT molecular complexity index is 945. The Kier molecular flexibility index (Phi) is 4.78. The molecule has 1 fully saturated rings. The van der Waals surface area contributed by atoms with E-state index in [9.17, 15) is 9.59 Å². The number of nitrogens with zero attached hydrogens (tertiary/aromatic N) is 1. The van der Waals surface area contributed by atoms with Gasteiger partial charge in [0.1, 0.15) is 12.4 Å². The minimum Gasteiger partial charge on any atom is -0.492 e. The van der Waals surface area contributed by atoms with E-state index in [-0.39, 0.29) is 17.7 Å². The highest BCUT2D eigenvalue weighted by atomic mass is 16.5. The molecule has 27 heavy (non-hydrogen) atoms. The van der Waals surface area contributed by atoms with Gasteiger partial charge in [-0.05, 0) is 18.2 Å². The summed E-state index contributed by atoms with van der Waals surface area (Å²) in [7, 11) is 0. The van der Waals surface area contributed by atoms with Crippen LogP contribution in [0.3, 0.4) is 0 Å². The van der Waals surface area contributed by atoms with Crippen molar-refractivity contribution in [3.8, 4) is 5.75 Å². The van der Waals surface area contributed by atoms with Crippen molar-refractivity contribution in [2.45, 2.75) is 0 Å². The Morgan fingerprint density at radius 2 is 1.81 bits per heavy atom. The smallest absolute Gasteiger partial charge is 0.256 e. The number of carbonyl (C=O) groups excluding carboxylic acids is 2. The normalized spacial score (nSPS) is 14.0. The number of hydrogen-bond donors (Lipinski definition) is 2. The number of benzene rings is 2. The predicted octanol–water partition coefficient (Wildman–Crippen LogP) is 2.44. The summed E-state index contributed by atoms with van der Waals surface area (Å²) in [5, 5.41) is 3.78. The van der Waals surface area contributed by atoms with Gasteiger partial charge in [-0.3, -0.25) is 9.59 Å². The first-order valence-corrected chi connectivity index (χ1v) is 9.03. The van der Waals surface area contributed by atoms with Crippen LogP contribution in [0.2, 0.25) is 0 Å². The molecule has 138 valence electrons. The molecule has 1 aromatic heterocycles. The lowest BCUT2D eigenvalue weighted by Gasteiger charge is -2.38. The molecule has 1 saturated heterocycles. The van der Waals surface area contributed by atoms with Gasteiger partial charge in [-0.15, -0.1) is 0 Å². The Labute approximate surface area is 157 Å². The Morgan fingerprint density at radius 1 is 1.07 bits per heavy atom. The molecule has 0 saturated carbocycles. The number of hydrogen-bond acceptors (Lipinski definition) is 3. The van der Waals surface area contributed by atoms with Crippen LogP contribution in [-0.2, 0) is 4.79 Å². The fourth-order valence-corrected chi connectivity index (χ4v) is 3.23. The van der Waals surface area contributed by atoms with Crippen LogP contribution in [0.4, 0.5) is 0 Å². The summed E-state index contributed by atoms with van der Waals surface area (Å²) < 4.78 is 5.55. The third-order valence-electron chi connectivity index (χ3n) is 4.77. The zero-order chi connectivity index (χ0) is 18.6. The molecule has 0 spiro atoms. The van der Waals surface area contributed by atoms with E-state index in [4.69, 9.17) is 4.74 Å². The molecule has 2 heterocycles. The van der Waals surface area contributed by atoms with Crippen LogP contribution in [0.5, 0.6) is 5.75 Å². The number of rotatable bonds is 6. The van der Waals surface area contributed by atoms with Crippen molar-refractivity contribution in [2.75, 3.05) is 26.2 Å². The average molecular weight is 363 g/mol. The molecule has 0 aliphatic carbocycles. The Morgan fingerprint density at radius 3 is 2.63 bits per heavy atom. The molecule has 0 atom stereocenters. The average Bonchev–Trinajstić information content (AvgIpc) is 3.09. The van der Waals surface area contributed by atoms with E-state index < -0.39 is 0 Å². The van der Waals surface area contributed by atoms with E-state index >= 15 is 0 Å². The highest BCUT2D eigenvalue weighted by Crippen LogP contribution is 2.24. The van der Waals surface area contributed by atoms with Crippen molar-refractivity contribution in [2.24, 2.45) is 5.92 Å². The number of nitrogens with one attached hydrogen (secondary N) is 2. The number of likely N-dealkylation sites (tertiary alicyclic amines) is 1. The van der Waals surface area contributed by atoms with Gasteiger partial charge in [0.15, 0.2) is 0 Å². The molecule has 0 radical (unpaired) electrons. The van der Waals surface area contributed by atoms with Gasteiger partial charge >= 0.3 is 0 Å². The van der Waals surface area contributed by atoms with Gasteiger partial charge in [-0.1, -0.05) is 36.4 Å². The van der Waals surface area contributed by atoms with Gasteiger partial charge in [0.25, 0.3) is 5.91 Å². The number of H-pyrrole nitrogens is 1. The maximum atomic E-state index is 12.6. The van der Waals surface area contributed by atoms with E-state index in [0.717, 1.165) is 16.7 Å². The van der Waals surface area contributed by atoms with E-state index in [1.807, 2.05) is 54.6 Å². The molecule has 1 aliphatic heterocycles. The van der Waals surface area contributed by atoms with Crippen LogP contribution in [0.1, 0.15) is 10.4 Å². The molecule has 2 N–H and O–H groups in total. The van der Waals surface area contributed by atoms with Crippen LogP contribution in [0.15, 0.2) is 60.8 Å². The molecule has 4 rings (SSSR count). The first kappa shape index (κ1) is 17.1. The van der Waals surface area contributed by atoms with Gasteiger partial charge in [-0.25, -0.2) is 0 Å². The maximum absolute atomic E-state index is 12.6. The monoisotopic (exact) mass is 363 g/mol. The molecule has 2 aromatic carbocycles. The van der Waals surface area contributed by atoms with Crippen molar-refractivity contribution in [1.29, 1.82) is 0 Å². The number of aromatic amines is 1. The van der Waals surface area contributed by atoms with Crippen molar-refractivity contribution in [1.82, 2.24) is 15.2 Å². The van der Waals surface area contributed by atoms with Crippen LogP contribution < -0.4 is 10.1 Å². The van der Waals surface area contributed by atoms with Crippen molar-refractivity contribution in [3.63, 3.8) is 0 Å². The van der Waals surface area contributed by atoms with Crippen LogP contribution in [0, 0.1) is 5.92 Å². The molecule has 6 heteroatoms. The van der Waals surface area contributed by atoms with Crippen LogP contribution >= 0.6 is 0 Å². The second-order valence-electron chi connectivity index (χ2n) is 6.61. The summed E-state index contributed by atoms with van der Waals surface area (Å²) in [6.07, 6.45) is 1.74. The minimum absolute atomic E-state index is 0.0327. The van der Waals surface area contributed by atoms with Gasteiger partial charge in [0.2, 0.25) is 5.91 Å². The lowest BCUT2D eigenvalue weighted by Crippen LogP contribution is -2.56. The van der Waals surface area contributed by atoms with Gasteiger partial charge in [-0.2, -0.15) is 0 Å². The number of aromatic nitrogens is 1. The first-order chi connectivity index (χ1) is 13.2. The zero-order valence-electron chi connectivity index (χ0n) is 14.9. The standard InChI is InChI=1S/C21H21N3O3/c25-20(22-10-11-27-16-6-2-1-3-7-16)15-13-24(14-15)21(26)18-12-23-19-9-5-4-8-17(18)19/h1-9,12,15,23H,10-11,13-14H2,(H,22,25). The summed E-state index contributed by atoms with van der Waals surface area (Å²) in [5.41, 5.74) is 1.59. The van der Waals surface area contributed by atoms with Crippen molar-refractivity contribution < 1.29 is 14.3 Å². The van der Waals surface area contributed by atoms with E-state index in [1.54, 1.807) is 11.1 Å². The fourth-order valence-electron chi connectivity index (χ4n) is 3.23. The highest BCUT2D eigenvalue weighted by Gasteiger charge is 2.36. The topological polar surface area (TPSA) is 74.4 Å². The van der Waals surface area contributed by atoms with Crippen LogP contribution in [-0.4, -0.2) is 47.9 Å². The summed E-state index contributed by atoms with van der Waals surface area (Å²) >= 11 is 0. The predicted molar refractivity (Wildman–Crippen MR) is 103 cm³/mol. The summed E-state index contributed by atoms with van der Waals surface area (Å²) in [6, 6.07) is 17.2. The second-order valence-corrected chi connectivity index (χ2v) is 6.61. The molecule has 1 aliphatic rings. The highest BCUT2D eigenvalue weighted by molar-refractivity contribution is 6.07. The fraction of sp³-hybridized carbons (Fsp3) is 0.238. The SMILES string of the molecule is O=C(NCCOc1ccccc1)C1CN(C(=O)c2c[nH]c3ccccc23)C1. The van der Waals surface area contributed by atoms with Gasteiger partial charge < -0.3 is 19.9 Å². The summed E-state index contributed by atoms with van der Waals surface area (Å²) in [6.45, 7) is 1.76. The molecule has 0 bridgehead atoms. The quantitative estimate of drug-likeness (QED) is 0.661. The lowest BCUT2D eigenvalue weighted by atomic mass is 9.97. The van der Waals surface area contributed by atoms with E-state index in [0.29, 0.717) is 31.8 Å². The number of amides is 2. The molecule has 3 aromatic rings. The maximum Gasteiger partial charge on any atom is 0.256 e. The molecular weight excluding hydrogens is 342 g/mol. The van der Waals surface area contributed by atoms with Crippen molar-refractivity contribution >= 4 is 22.7 Å². The Hall–Kier alpha value is -3.28. The summed E-state index contributed by atoms with van der Waals surface area (Å²) in [4.78, 5) is 29.7. The zero-order valence-corrected chi connectivity index (χ0v) is 14.9. The van der Waals surface area contributed by atoms with E-state index in [1.165, 1.54) is 0 Å². The van der Waals surface area contributed by atoms with Gasteiger partial charge in [0.05, 0.1) is 18.0 Å². The molecule has 0 unspecified atom stereocenters. The largest absolute Gasteiger partial charge is 0.492 e. The van der Waals surface area contributed by atoms with Crippen LogP contribution in [0.25, 0.3) is 10.9 Å². The second kappa shape index (κ2) is 7.53. The number of fused-ring (bicyclic) bond motifs is 1. The molecule has 6 nitrogen and oxygen atoms in total. The Balaban J connectivity index is 1.23. The minimum atomic E-state index is -0.157. The number of para-hydroxylation sites is 2. The third-order valence-corrected chi connectivity index (χ3v) is 4.77. The summed E-state index contributed by atoms with van der Waals surface area (Å²) in [5.74, 6) is 0.556. The van der Waals surface area contributed by atoms with Crippen molar-refractivity contribution in [3.05, 3.63) is 66.4 Å². The van der Waals surface area contributed by atoms with Gasteiger partial charge in [0, 0.05) is 30.2 Å². The third kappa shape index (κ3) is 3.65. The molecule has 2 amide bonds. The lowest BCUT2D eigenvalue weighted by molar-refractivity contribution is -0.129. The van der Waals surface area contributed by atoms with E-state index in [2.05, 4.69) is 10.3 Å². The number of ether oxygens (including phenoxy) is 1. The first-order valence-electron chi connectivity index (χ1n) is 9.03. The molecular formula is C21H21N3O3.